The van der Waals surface area contributed by atoms with Crippen molar-refractivity contribution in [2.75, 3.05) is 6.61 Å². The number of nitro groups is 1. The van der Waals surface area contributed by atoms with Crippen LogP contribution in [0.2, 0.25) is 5.28 Å². The Kier molecular flexibility index (Phi) is 4.54. The molecule has 0 unspecified atom stereocenters. The Balaban J connectivity index is 2.39. The lowest BCUT2D eigenvalue weighted by Gasteiger charge is -2.08. The molecule has 0 radical (unpaired) electrons. The van der Waals surface area contributed by atoms with Crippen molar-refractivity contribution in [3.8, 4) is 17.4 Å². The van der Waals surface area contributed by atoms with Crippen molar-refractivity contribution in [3.63, 3.8) is 0 Å². The number of rotatable bonds is 5. The van der Waals surface area contributed by atoms with Crippen molar-refractivity contribution in [1.82, 2.24) is 9.97 Å². The van der Waals surface area contributed by atoms with Crippen LogP contribution in [0.5, 0.6) is 17.4 Å². The largest absolute Gasteiger partial charge is 0.494 e. The van der Waals surface area contributed by atoms with Crippen LogP contribution in [0.25, 0.3) is 0 Å². The molecule has 8 heteroatoms. The van der Waals surface area contributed by atoms with Gasteiger partial charge in [0.2, 0.25) is 5.28 Å². The zero-order valence-electron chi connectivity index (χ0n) is 11.4. The predicted octanol–water partition coefficient (Wildman–Crippen LogP) is 3.54. The molecule has 1 aromatic carbocycles. The molecule has 7 nitrogen and oxygen atoms in total. The lowest BCUT2D eigenvalue weighted by Crippen LogP contribution is -2.01. The van der Waals surface area contributed by atoms with Crippen LogP contribution < -0.4 is 9.47 Å². The van der Waals surface area contributed by atoms with E-state index in [1.807, 2.05) is 6.92 Å². The Labute approximate surface area is 125 Å². The van der Waals surface area contributed by atoms with Crippen molar-refractivity contribution in [2.24, 2.45) is 0 Å². The molecule has 0 aliphatic heterocycles. The molecular weight excluding hydrogens is 298 g/mol. The first-order valence-corrected chi connectivity index (χ1v) is 6.48. The van der Waals surface area contributed by atoms with Crippen LogP contribution >= 0.6 is 11.6 Å². The maximum atomic E-state index is 11.1. The number of nitrogens with zero attached hydrogens (tertiary/aromatic N) is 3. The zero-order chi connectivity index (χ0) is 15.4. The van der Waals surface area contributed by atoms with E-state index in [1.54, 1.807) is 24.3 Å². The van der Waals surface area contributed by atoms with Crippen LogP contribution in [-0.2, 0) is 0 Å². The molecule has 0 saturated heterocycles. The van der Waals surface area contributed by atoms with Gasteiger partial charge in [-0.15, -0.1) is 0 Å². The van der Waals surface area contributed by atoms with Gasteiger partial charge in [0.15, 0.2) is 0 Å². The van der Waals surface area contributed by atoms with Gasteiger partial charge >= 0.3 is 11.6 Å². The molecule has 2 aromatic rings. The first-order chi connectivity index (χ1) is 10.0. The summed E-state index contributed by atoms with van der Waals surface area (Å²) < 4.78 is 10.8. The maximum Gasteiger partial charge on any atom is 0.352 e. The standard InChI is InChI=1S/C13H12ClN3O4/c1-3-20-9-5-4-6-10(7-9)21-12-11(17(18)19)8(2)15-13(14)16-12/h4-7H,3H2,1-2H3. The molecule has 0 N–H and O–H groups in total. The molecule has 0 saturated carbocycles. The number of benzene rings is 1. The molecule has 1 heterocycles. The Bertz CT molecular complexity index is 678. The van der Waals surface area contributed by atoms with E-state index in [-0.39, 0.29) is 22.5 Å². The Hall–Kier alpha value is -2.41. The summed E-state index contributed by atoms with van der Waals surface area (Å²) in [5, 5.41) is 11.0. The third kappa shape index (κ3) is 3.57. The first-order valence-electron chi connectivity index (χ1n) is 6.10. The van der Waals surface area contributed by atoms with Crippen molar-refractivity contribution in [2.45, 2.75) is 13.8 Å². The van der Waals surface area contributed by atoms with Gasteiger partial charge in [-0.05, 0) is 37.6 Å². The zero-order valence-corrected chi connectivity index (χ0v) is 12.1. The van der Waals surface area contributed by atoms with Gasteiger partial charge in [0, 0.05) is 6.07 Å². The summed E-state index contributed by atoms with van der Waals surface area (Å²) in [6.07, 6.45) is 0. The van der Waals surface area contributed by atoms with Gasteiger partial charge in [-0.2, -0.15) is 4.98 Å². The molecule has 0 atom stereocenters. The molecule has 2 rings (SSSR count). The van der Waals surface area contributed by atoms with Crippen molar-refractivity contribution >= 4 is 17.3 Å². The average molecular weight is 310 g/mol. The number of aryl methyl sites for hydroxylation is 1. The van der Waals surface area contributed by atoms with Crippen molar-refractivity contribution in [3.05, 3.63) is 45.4 Å². The van der Waals surface area contributed by atoms with E-state index in [0.29, 0.717) is 18.1 Å². The Morgan fingerprint density at radius 3 is 2.71 bits per heavy atom. The number of hydrogen-bond acceptors (Lipinski definition) is 6. The highest BCUT2D eigenvalue weighted by Gasteiger charge is 2.23. The van der Waals surface area contributed by atoms with Crippen LogP contribution in [0.3, 0.4) is 0 Å². The number of hydrogen-bond donors (Lipinski definition) is 0. The third-order valence-electron chi connectivity index (χ3n) is 2.51. The predicted molar refractivity (Wildman–Crippen MR) is 76.1 cm³/mol. The van der Waals surface area contributed by atoms with Crippen LogP contribution in [0.15, 0.2) is 24.3 Å². The minimum Gasteiger partial charge on any atom is -0.494 e. The summed E-state index contributed by atoms with van der Waals surface area (Å²) >= 11 is 5.72. The maximum absolute atomic E-state index is 11.1. The second-order valence-electron chi connectivity index (χ2n) is 4.00. The summed E-state index contributed by atoms with van der Waals surface area (Å²) in [5.74, 6) is 0.749. The molecule has 0 amide bonds. The van der Waals surface area contributed by atoms with E-state index in [0.717, 1.165) is 0 Å². The van der Waals surface area contributed by atoms with E-state index in [1.165, 1.54) is 6.92 Å². The summed E-state index contributed by atoms with van der Waals surface area (Å²) in [7, 11) is 0. The summed E-state index contributed by atoms with van der Waals surface area (Å²) in [5.41, 5.74) is -0.183. The van der Waals surface area contributed by atoms with E-state index in [2.05, 4.69) is 9.97 Å². The van der Waals surface area contributed by atoms with Crippen LogP contribution in [-0.4, -0.2) is 21.5 Å². The van der Waals surface area contributed by atoms with Gasteiger partial charge < -0.3 is 9.47 Å². The highest BCUT2D eigenvalue weighted by molar-refractivity contribution is 6.28. The second-order valence-corrected chi connectivity index (χ2v) is 4.34. The fourth-order valence-electron chi connectivity index (χ4n) is 1.69. The monoisotopic (exact) mass is 309 g/mol. The molecular formula is C13H12ClN3O4. The lowest BCUT2D eigenvalue weighted by molar-refractivity contribution is -0.386. The molecule has 21 heavy (non-hydrogen) atoms. The molecule has 0 bridgehead atoms. The SMILES string of the molecule is CCOc1cccc(Oc2nc(Cl)nc(C)c2[N+](=O)[O-])c1. The summed E-state index contributed by atoms with van der Waals surface area (Å²) in [6, 6.07) is 6.71. The van der Waals surface area contributed by atoms with Crippen molar-refractivity contribution in [1.29, 1.82) is 0 Å². The van der Waals surface area contributed by atoms with Gasteiger partial charge in [0.25, 0.3) is 0 Å². The van der Waals surface area contributed by atoms with Crippen LogP contribution in [0, 0.1) is 17.0 Å². The van der Waals surface area contributed by atoms with Gasteiger partial charge in [-0.1, -0.05) is 6.07 Å². The molecule has 0 spiro atoms. The van der Waals surface area contributed by atoms with E-state index in [9.17, 15) is 10.1 Å². The van der Waals surface area contributed by atoms with Gasteiger partial charge in [-0.3, -0.25) is 10.1 Å². The average Bonchev–Trinajstić information content (AvgIpc) is 2.38. The van der Waals surface area contributed by atoms with E-state index >= 15 is 0 Å². The number of halogens is 1. The fourth-order valence-corrected chi connectivity index (χ4v) is 1.90. The molecule has 0 aliphatic rings. The topological polar surface area (TPSA) is 87.4 Å². The van der Waals surface area contributed by atoms with E-state index < -0.39 is 4.92 Å². The highest BCUT2D eigenvalue weighted by atomic mass is 35.5. The third-order valence-corrected chi connectivity index (χ3v) is 2.68. The number of ether oxygens (including phenoxy) is 2. The molecule has 110 valence electrons. The fraction of sp³-hybridized carbons (Fsp3) is 0.231. The van der Waals surface area contributed by atoms with E-state index in [4.69, 9.17) is 21.1 Å². The van der Waals surface area contributed by atoms with Gasteiger partial charge in [0.05, 0.1) is 11.5 Å². The lowest BCUT2D eigenvalue weighted by atomic mass is 10.3. The highest BCUT2D eigenvalue weighted by Crippen LogP contribution is 2.33. The molecule has 1 aromatic heterocycles. The normalized spacial score (nSPS) is 10.2. The second kappa shape index (κ2) is 6.36. The summed E-state index contributed by atoms with van der Waals surface area (Å²) in [6.45, 7) is 3.82. The molecule has 0 aliphatic carbocycles. The van der Waals surface area contributed by atoms with Gasteiger partial charge in [0.1, 0.15) is 17.2 Å². The summed E-state index contributed by atoms with van der Waals surface area (Å²) in [4.78, 5) is 18.0. The van der Waals surface area contributed by atoms with Crippen LogP contribution in [0.1, 0.15) is 12.6 Å². The Morgan fingerprint density at radius 1 is 1.33 bits per heavy atom. The van der Waals surface area contributed by atoms with Crippen molar-refractivity contribution < 1.29 is 14.4 Å². The first kappa shape index (κ1) is 15.0. The number of aromatic nitrogens is 2. The minimum atomic E-state index is -0.604. The quantitative estimate of drug-likeness (QED) is 0.477. The van der Waals surface area contributed by atoms with Gasteiger partial charge in [-0.25, -0.2) is 4.98 Å². The smallest absolute Gasteiger partial charge is 0.352 e. The minimum absolute atomic E-state index is 0.117. The Morgan fingerprint density at radius 2 is 2.05 bits per heavy atom. The molecule has 0 fully saturated rings. The van der Waals surface area contributed by atoms with Crippen LogP contribution in [0.4, 0.5) is 5.69 Å².